The average Bonchev–Trinajstić information content (AvgIpc) is 2.01. The van der Waals surface area contributed by atoms with Gasteiger partial charge in [0.1, 0.15) is 0 Å². The Hall–Kier alpha value is -0.860. The third-order valence-electron chi connectivity index (χ3n) is 2.13. The molecule has 0 saturated heterocycles. The van der Waals surface area contributed by atoms with Crippen molar-refractivity contribution in [3.8, 4) is 0 Å². The van der Waals surface area contributed by atoms with E-state index in [2.05, 4.69) is 17.0 Å². The van der Waals surface area contributed by atoms with E-state index < -0.39 is 5.60 Å². The van der Waals surface area contributed by atoms with E-state index in [1.54, 1.807) is 0 Å². The van der Waals surface area contributed by atoms with Crippen LogP contribution in [0.3, 0.4) is 0 Å². The number of aliphatic hydroxyl groups is 1. The van der Waals surface area contributed by atoms with E-state index in [1.807, 2.05) is 40.1 Å². The van der Waals surface area contributed by atoms with Crippen LogP contribution in [0.25, 0.3) is 0 Å². The molecule has 14 heavy (non-hydrogen) atoms. The monoisotopic (exact) mass is 193 g/mol. The highest BCUT2D eigenvalue weighted by Gasteiger charge is 2.15. The number of rotatable bonds is 3. The van der Waals surface area contributed by atoms with Gasteiger partial charge in [0, 0.05) is 6.54 Å². The van der Waals surface area contributed by atoms with Crippen LogP contribution in [0.2, 0.25) is 0 Å². The first kappa shape index (κ1) is 11.2. The van der Waals surface area contributed by atoms with Crippen molar-refractivity contribution in [1.82, 2.24) is 4.90 Å². The van der Waals surface area contributed by atoms with Crippen LogP contribution < -0.4 is 0 Å². The Balaban J connectivity index is 2.90. The maximum absolute atomic E-state index is 9.83. The van der Waals surface area contributed by atoms with E-state index in [0.717, 1.165) is 12.1 Å². The summed E-state index contributed by atoms with van der Waals surface area (Å²) in [7, 11) is 4.08. The van der Waals surface area contributed by atoms with Crippen LogP contribution in [0.1, 0.15) is 25.0 Å². The summed E-state index contributed by atoms with van der Waals surface area (Å²) in [4.78, 5) is 2.11. The van der Waals surface area contributed by atoms with Crippen molar-refractivity contribution in [2.45, 2.75) is 26.0 Å². The molecule has 1 rings (SSSR count). The van der Waals surface area contributed by atoms with Gasteiger partial charge in [0.25, 0.3) is 0 Å². The molecule has 0 atom stereocenters. The normalized spacial score (nSPS) is 12.1. The number of benzene rings is 1. The van der Waals surface area contributed by atoms with Crippen molar-refractivity contribution in [2.75, 3.05) is 14.1 Å². The second kappa shape index (κ2) is 4.11. The Labute approximate surface area is 86.2 Å². The van der Waals surface area contributed by atoms with Crippen molar-refractivity contribution < 1.29 is 5.11 Å². The molecular weight excluding hydrogens is 174 g/mol. The van der Waals surface area contributed by atoms with Crippen LogP contribution >= 0.6 is 0 Å². The summed E-state index contributed by atoms with van der Waals surface area (Å²) >= 11 is 0. The molecule has 0 spiro atoms. The molecule has 0 amide bonds. The van der Waals surface area contributed by atoms with Gasteiger partial charge in [0.2, 0.25) is 0 Å². The molecule has 0 heterocycles. The summed E-state index contributed by atoms with van der Waals surface area (Å²) in [6.45, 7) is 4.52. The summed E-state index contributed by atoms with van der Waals surface area (Å²) < 4.78 is 0. The molecule has 0 aliphatic carbocycles. The average molecular weight is 193 g/mol. The zero-order chi connectivity index (χ0) is 10.8. The third-order valence-corrected chi connectivity index (χ3v) is 2.13. The molecule has 0 unspecified atom stereocenters. The number of nitrogens with zero attached hydrogens (tertiary/aromatic N) is 1. The van der Waals surface area contributed by atoms with Gasteiger partial charge in [-0.2, -0.15) is 0 Å². The fourth-order valence-electron chi connectivity index (χ4n) is 1.42. The molecule has 2 heteroatoms. The minimum atomic E-state index is -0.748. The maximum Gasteiger partial charge on any atom is 0.0840 e. The Morgan fingerprint density at radius 2 is 1.93 bits per heavy atom. The van der Waals surface area contributed by atoms with E-state index in [9.17, 15) is 5.11 Å². The van der Waals surface area contributed by atoms with Gasteiger partial charge in [-0.1, -0.05) is 24.3 Å². The fourth-order valence-corrected chi connectivity index (χ4v) is 1.42. The molecule has 0 saturated carbocycles. The molecule has 2 nitrogen and oxygen atoms in total. The van der Waals surface area contributed by atoms with E-state index in [0.29, 0.717) is 0 Å². The summed E-state index contributed by atoms with van der Waals surface area (Å²) in [6, 6.07) is 8.08. The molecule has 0 bridgehead atoms. The van der Waals surface area contributed by atoms with Gasteiger partial charge in [0.15, 0.2) is 0 Å². The smallest absolute Gasteiger partial charge is 0.0840 e. The van der Waals surface area contributed by atoms with Crippen molar-refractivity contribution in [2.24, 2.45) is 0 Å². The zero-order valence-electron chi connectivity index (χ0n) is 9.41. The lowest BCUT2D eigenvalue weighted by Crippen LogP contribution is -2.17. The SMILES string of the molecule is CN(C)Cc1cccc(C(C)(C)O)c1. The van der Waals surface area contributed by atoms with Crippen molar-refractivity contribution in [3.05, 3.63) is 35.4 Å². The molecule has 0 aliphatic rings. The van der Waals surface area contributed by atoms with Crippen molar-refractivity contribution >= 4 is 0 Å². The predicted molar refractivity (Wildman–Crippen MR) is 59.1 cm³/mol. The lowest BCUT2D eigenvalue weighted by atomic mass is 9.96. The molecule has 0 aromatic heterocycles. The molecule has 0 radical (unpaired) electrons. The van der Waals surface area contributed by atoms with Crippen molar-refractivity contribution in [3.63, 3.8) is 0 Å². The van der Waals surface area contributed by atoms with Crippen LogP contribution in [-0.4, -0.2) is 24.1 Å². The van der Waals surface area contributed by atoms with Crippen LogP contribution in [0, 0.1) is 0 Å². The minimum Gasteiger partial charge on any atom is -0.386 e. The Morgan fingerprint density at radius 3 is 2.43 bits per heavy atom. The Kier molecular flexibility index (Phi) is 3.29. The topological polar surface area (TPSA) is 23.5 Å². The van der Waals surface area contributed by atoms with Crippen LogP contribution in [-0.2, 0) is 12.1 Å². The molecule has 1 N–H and O–H groups in total. The summed E-state index contributed by atoms with van der Waals surface area (Å²) in [5.41, 5.74) is 1.45. The van der Waals surface area contributed by atoms with Crippen LogP contribution in [0.15, 0.2) is 24.3 Å². The number of hydrogen-bond donors (Lipinski definition) is 1. The molecule has 1 aromatic carbocycles. The van der Waals surface area contributed by atoms with Gasteiger partial charge < -0.3 is 10.0 Å². The molecular formula is C12H19NO. The standard InChI is InChI=1S/C12H19NO/c1-12(2,14)11-7-5-6-10(8-11)9-13(3)4/h5-8,14H,9H2,1-4H3. The Bertz CT molecular complexity index is 299. The van der Waals surface area contributed by atoms with Gasteiger partial charge in [-0.3, -0.25) is 0 Å². The molecule has 1 aromatic rings. The van der Waals surface area contributed by atoms with E-state index in [4.69, 9.17) is 0 Å². The van der Waals surface area contributed by atoms with Gasteiger partial charge in [-0.25, -0.2) is 0 Å². The summed E-state index contributed by atoms with van der Waals surface area (Å²) in [5.74, 6) is 0. The van der Waals surface area contributed by atoms with E-state index >= 15 is 0 Å². The summed E-state index contributed by atoms with van der Waals surface area (Å²) in [6.07, 6.45) is 0. The molecule has 0 fully saturated rings. The first-order valence-corrected chi connectivity index (χ1v) is 4.86. The highest BCUT2D eigenvalue weighted by Crippen LogP contribution is 2.20. The molecule has 78 valence electrons. The zero-order valence-corrected chi connectivity index (χ0v) is 9.41. The number of hydrogen-bond acceptors (Lipinski definition) is 2. The fraction of sp³-hybridized carbons (Fsp3) is 0.500. The van der Waals surface area contributed by atoms with Gasteiger partial charge in [-0.05, 0) is 39.1 Å². The Morgan fingerprint density at radius 1 is 1.29 bits per heavy atom. The quantitative estimate of drug-likeness (QED) is 0.793. The van der Waals surface area contributed by atoms with Gasteiger partial charge in [-0.15, -0.1) is 0 Å². The first-order valence-electron chi connectivity index (χ1n) is 4.86. The largest absolute Gasteiger partial charge is 0.386 e. The van der Waals surface area contributed by atoms with Gasteiger partial charge >= 0.3 is 0 Å². The van der Waals surface area contributed by atoms with Crippen LogP contribution in [0.4, 0.5) is 0 Å². The highest BCUT2D eigenvalue weighted by molar-refractivity contribution is 5.27. The predicted octanol–water partition coefficient (Wildman–Crippen LogP) is 1.98. The third kappa shape index (κ3) is 3.13. The second-order valence-electron chi connectivity index (χ2n) is 4.50. The van der Waals surface area contributed by atoms with Crippen LogP contribution in [0.5, 0.6) is 0 Å². The summed E-state index contributed by atoms with van der Waals surface area (Å²) in [5, 5.41) is 9.83. The van der Waals surface area contributed by atoms with Gasteiger partial charge in [0.05, 0.1) is 5.60 Å². The second-order valence-corrected chi connectivity index (χ2v) is 4.50. The lowest BCUT2D eigenvalue weighted by molar-refractivity contribution is 0.0784. The minimum absolute atomic E-state index is 0.748. The van der Waals surface area contributed by atoms with Crippen molar-refractivity contribution in [1.29, 1.82) is 0 Å². The maximum atomic E-state index is 9.83. The first-order chi connectivity index (χ1) is 6.39. The van der Waals surface area contributed by atoms with E-state index in [1.165, 1.54) is 5.56 Å². The van der Waals surface area contributed by atoms with E-state index in [-0.39, 0.29) is 0 Å². The highest BCUT2D eigenvalue weighted by atomic mass is 16.3. The molecule has 0 aliphatic heterocycles. The lowest BCUT2D eigenvalue weighted by Gasteiger charge is -2.19.